The molecule has 0 atom stereocenters. The van der Waals surface area contributed by atoms with E-state index in [2.05, 4.69) is 20.6 Å². The molecule has 0 aliphatic heterocycles. The minimum Gasteiger partial charge on any atom is -0.492 e. The highest BCUT2D eigenvalue weighted by molar-refractivity contribution is 6.04. The number of amides is 1. The van der Waals surface area contributed by atoms with Crippen molar-refractivity contribution in [3.63, 3.8) is 0 Å². The van der Waals surface area contributed by atoms with Gasteiger partial charge in [0.25, 0.3) is 5.91 Å². The van der Waals surface area contributed by atoms with Crippen molar-refractivity contribution in [2.75, 3.05) is 17.2 Å². The highest BCUT2D eigenvalue weighted by Gasteiger charge is 2.11. The number of nitrogens with one attached hydrogen (secondary N) is 2. The lowest BCUT2D eigenvalue weighted by atomic mass is 10.1. The van der Waals surface area contributed by atoms with E-state index in [0.29, 0.717) is 40.8 Å². The summed E-state index contributed by atoms with van der Waals surface area (Å²) in [4.78, 5) is 32.3. The Bertz CT molecular complexity index is 987. The molecule has 0 radical (unpaired) electrons. The van der Waals surface area contributed by atoms with Crippen molar-refractivity contribution in [3.05, 3.63) is 72.1 Å². The number of hydrogen-bond donors (Lipinski definition) is 2. The van der Waals surface area contributed by atoms with Gasteiger partial charge in [-0.25, -0.2) is 9.97 Å². The third-order valence-electron chi connectivity index (χ3n) is 3.87. The number of anilines is 3. The van der Waals surface area contributed by atoms with Crippen molar-refractivity contribution in [1.29, 1.82) is 0 Å². The van der Waals surface area contributed by atoms with Gasteiger partial charge in [0, 0.05) is 23.6 Å². The van der Waals surface area contributed by atoms with Crippen molar-refractivity contribution in [2.45, 2.75) is 13.8 Å². The van der Waals surface area contributed by atoms with E-state index in [1.54, 1.807) is 36.4 Å². The van der Waals surface area contributed by atoms with Crippen molar-refractivity contribution < 1.29 is 14.3 Å². The van der Waals surface area contributed by atoms with Crippen LogP contribution in [0.3, 0.4) is 0 Å². The summed E-state index contributed by atoms with van der Waals surface area (Å²) in [5, 5.41) is 5.81. The van der Waals surface area contributed by atoms with Crippen molar-refractivity contribution in [1.82, 2.24) is 9.97 Å². The van der Waals surface area contributed by atoms with Gasteiger partial charge < -0.3 is 15.4 Å². The molecular weight excluding hydrogens is 356 g/mol. The van der Waals surface area contributed by atoms with Crippen LogP contribution < -0.4 is 15.4 Å². The number of ether oxygens (including phenoxy) is 1. The summed E-state index contributed by atoms with van der Waals surface area (Å²) in [5.74, 6) is 0.566. The molecule has 0 aliphatic rings. The Balaban J connectivity index is 1.70. The average Bonchev–Trinajstić information content (AvgIpc) is 2.70. The van der Waals surface area contributed by atoms with Crippen LogP contribution in [0.1, 0.15) is 34.6 Å². The molecule has 0 saturated heterocycles. The molecule has 1 amide bonds. The maximum absolute atomic E-state index is 12.5. The highest BCUT2D eigenvalue weighted by Crippen LogP contribution is 2.24. The maximum atomic E-state index is 12.5. The predicted octanol–water partition coefficient (Wildman–Crippen LogP) is 4.07. The van der Waals surface area contributed by atoms with E-state index in [1.807, 2.05) is 19.1 Å². The van der Waals surface area contributed by atoms with Gasteiger partial charge >= 0.3 is 0 Å². The van der Waals surface area contributed by atoms with Crippen LogP contribution in [0.4, 0.5) is 17.3 Å². The van der Waals surface area contributed by atoms with Gasteiger partial charge in [-0.05, 0) is 38.1 Å². The van der Waals surface area contributed by atoms with Crippen molar-refractivity contribution in [2.24, 2.45) is 0 Å². The van der Waals surface area contributed by atoms with E-state index in [9.17, 15) is 9.59 Å². The fraction of sp³-hybridized carbons (Fsp3) is 0.143. The largest absolute Gasteiger partial charge is 0.492 e. The van der Waals surface area contributed by atoms with E-state index in [0.717, 1.165) is 0 Å². The van der Waals surface area contributed by atoms with Gasteiger partial charge in [0.15, 0.2) is 5.78 Å². The Morgan fingerprint density at radius 2 is 1.75 bits per heavy atom. The smallest absolute Gasteiger partial charge is 0.258 e. The summed E-state index contributed by atoms with van der Waals surface area (Å²) >= 11 is 0. The number of hydrogen-bond acceptors (Lipinski definition) is 6. The zero-order valence-electron chi connectivity index (χ0n) is 15.6. The Hall–Kier alpha value is -3.74. The monoisotopic (exact) mass is 376 g/mol. The van der Waals surface area contributed by atoms with Crippen LogP contribution in [0.2, 0.25) is 0 Å². The van der Waals surface area contributed by atoms with Crippen LogP contribution in [0.25, 0.3) is 0 Å². The molecule has 2 N–H and O–H groups in total. The fourth-order valence-electron chi connectivity index (χ4n) is 2.50. The molecular formula is C21H20N4O3. The molecule has 1 aromatic heterocycles. The Morgan fingerprint density at radius 1 is 1.00 bits per heavy atom. The molecule has 28 heavy (non-hydrogen) atoms. The van der Waals surface area contributed by atoms with Crippen LogP contribution >= 0.6 is 0 Å². The second kappa shape index (κ2) is 8.77. The van der Waals surface area contributed by atoms with Crippen LogP contribution in [-0.2, 0) is 0 Å². The summed E-state index contributed by atoms with van der Waals surface area (Å²) in [6.07, 6.45) is 2.87. The number of Topliss-reactive ketones (excluding diaryl/α,β-unsaturated/α-hetero) is 1. The lowest BCUT2D eigenvalue weighted by Crippen LogP contribution is -2.14. The number of aromatic nitrogens is 2. The van der Waals surface area contributed by atoms with Crippen molar-refractivity contribution in [3.8, 4) is 5.75 Å². The van der Waals surface area contributed by atoms with E-state index in [4.69, 9.17) is 4.74 Å². The molecule has 2 aromatic carbocycles. The molecule has 0 saturated carbocycles. The van der Waals surface area contributed by atoms with Gasteiger partial charge in [0.1, 0.15) is 5.75 Å². The third-order valence-corrected chi connectivity index (χ3v) is 3.87. The van der Waals surface area contributed by atoms with Crippen LogP contribution in [0, 0.1) is 0 Å². The second-order valence-corrected chi connectivity index (χ2v) is 5.94. The molecule has 0 aliphatic carbocycles. The summed E-state index contributed by atoms with van der Waals surface area (Å²) < 4.78 is 5.51. The number of nitrogens with zero attached hydrogens (tertiary/aromatic N) is 2. The molecule has 0 unspecified atom stereocenters. The highest BCUT2D eigenvalue weighted by atomic mass is 16.5. The topological polar surface area (TPSA) is 93.2 Å². The first-order valence-electron chi connectivity index (χ1n) is 8.80. The predicted molar refractivity (Wildman–Crippen MR) is 107 cm³/mol. The van der Waals surface area contributed by atoms with E-state index in [1.165, 1.54) is 19.3 Å². The zero-order valence-corrected chi connectivity index (χ0v) is 15.6. The van der Waals surface area contributed by atoms with Gasteiger partial charge in [0.05, 0.1) is 17.9 Å². The summed E-state index contributed by atoms with van der Waals surface area (Å²) in [5.41, 5.74) is 2.18. The Morgan fingerprint density at radius 3 is 2.46 bits per heavy atom. The molecule has 7 heteroatoms. The number of ketones is 1. The lowest BCUT2D eigenvalue weighted by Gasteiger charge is -2.11. The van der Waals surface area contributed by atoms with E-state index < -0.39 is 0 Å². The minimum atomic E-state index is -0.336. The minimum absolute atomic E-state index is 0.0241. The first kappa shape index (κ1) is 19.0. The quantitative estimate of drug-likeness (QED) is 0.604. The van der Waals surface area contributed by atoms with Gasteiger partial charge in [-0.15, -0.1) is 0 Å². The molecule has 1 heterocycles. The van der Waals surface area contributed by atoms with Gasteiger partial charge in [-0.3, -0.25) is 9.59 Å². The summed E-state index contributed by atoms with van der Waals surface area (Å²) in [7, 11) is 0. The van der Waals surface area contributed by atoms with Crippen LogP contribution in [-0.4, -0.2) is 28.3 Å². The fourth-order valence-corrected chi connectivity index (χ4v) is 2.50. The maximum Gasteiger partial charge on any atom is 0.258 e. The zero-order chi connectivity index (χ0) is 19.9. The molecule has 3 aromatic rings. The number of carbonyl (C=O) groups excluding carboxylic acids is 2. The van der Waals surface area contributed by atoms with Crippen LogP contribution in [0.5, 0.6) is 5.75 Å². The third kappa shape index (κ3) is 4.70. The van der Waals surface area contributed by atoms with Crippen LogP contribution in [0.15, 0.2) is 60.9 Å². The van der Waals surface area contributed by atoms with E-state index in [-0.39, 0.29) is 11.7 Å². The first-order chi connectivity index (χ1) is 13.6. The molecule has 0 spiro atoms. The van der Waals surface area contributed by atoms with Gasteiger partial charge in [0.2, 0.25) is 5.95 Å². The first-order valence-corrected chi connectivity index (χ1v) is 8.80. The number of carbonyl (C=O) groups is 2. The van der Waals surface area contributed by atoms with E-state index >= 15 is 0 Å². The number of rotatable bonds is 7. The molecule has 142 valence electrons. The average molecular weight is 376 g/mol. The molecule has 0 bridgehead atoms. The number of para-hydroxylation sites is 2. The SMILES string of the molecule is CCOc1ccccc1NC(=O)c1cnc(Nc2cccc(C(C)=O)c2)nc1. The second-order valence-electron chi connectivity index (χ2n) is 5.94. The molecule has 3 rings (SSSR count). The Kier molecular flexibility index (Phi) is 5.96. The summed E-state index contributed by atoms with van der Waals surface area (Å²) in [6, 6.07) is 14.2. The normalized spacial score (nSPS) is 10.2. The number of benzene rings is 2. The summed E-state index contributed by atoms with van der Waals surface area (Å²) in [6.45, 7) is 3.89. The van der Waals surface area contributed by atoms with Gasteiger partial charge in [-0.2, -0.15) is 0 Å². The molecule has 0 fully saturated rings. The van der Waals surface area contributed by atoms with Gasteiger partial charge in [-0.1, -0.05) is 24.3 Å². The van der Waals surface area contributed by atoms with Crippen molar-refractivity contribution >= 4 is 29.0 Å². The standard InChI is InChI=1S/C21H20N4O3/c1-3-28-19-10-5-4-9-18(19)25-20(27)16-12-22-21(23-13-16)24-17-8-6-7-15(11-17)14(2)26/h4-13H,3H2,1-2H3,(H,25,27)(H,22,23,24). The lowest BCUT2D eigenvalue weighted by molar-refractivity contribution is 0.101. The Labute approximate surface area is 162 Å². The molecule has 7 nitrogen and oxygen atoms in total.